The van der Waals surface area contributed by atoms with Gasteiger partial charge in [0, 0.05) is 30.4 Å². The van der Waals surface area contributed by atoms with Crippen molar-refractivity contribution in [3.63, 3.8) is 0 Å². The monoisotopic (exact) mass is 341 g/mol. The Bertz CT molecular complexity index is 787. The number of hydrogen-bond acceptors (Lipinski definition) is 4. The summed E-state index contributed by atoms with van der Waals surface area (Å²) < 4.78 is 0. The molecule has 0 saturated carbocycles. The highest BCUT2D eigenvalue weighted by Gasteiger charge is 2.26. The predicted octanol–water partition coefficient (Wildman–Crippen LogP) is 3.29. The number of piperidine rings is 1. The first kappa shape index (κ1) is 17.7. The molecule has 1 aliphatic rings. The van der Waals surface area contributed by atoms with Crippen LogP contribution in [0.5, 0.6) is 0 Å². The molecule has 1 aromatic carbocycles. The molecule has 5 nitrogen and oxygen atoms in total. The molecule has 1 fully saturated rings. The van der Waals surface area contributed by atoms with Crippen LogP contribution < -0.4 is 10.6 Å². The zero-order valence-electron chi connectivity index (χ0n) is 15.2. The summed E-state index contributed by atoms with van der Waals surface area (Å²) in [5.74, 6) is -0.915. The van der Waals surface area contributed by atoms with Crippen LogP contribution in [-0.4, -0.2) is 29.1 Å². The molecule has 25 heavy (non-hydrogen) atoms. The van der Waals surface area contributed by atoms with E-state index in [2.05, 4.69) is 48.9 Å². The van der Waals surface area contributed by atoms with E-state index in [9.17, 15) is 9.90 Å². The summed E-state index contributed by atoms with van der Waals surface area (Å²) in [6.07, 6.45) is 3.24. The molecule has 3 N–H and O–H groups in total. The predicted molar refractivity (Wildman–Crippen MR) is 101 cm³/mol. The van der Waals surface area contributed by atoms with Crippen LogP contribution in [0.1, 0.15) is 44.9 Å². The average Bonchev–Trinajstić information content (AvgIpc) is 2.59. The lowest BCUT2D eigenvalue weighted by Gasteiger charge is -2.33. The van der Waals surface area contributed by atoms with Gasteiger partial charge in [0.05, 0.1) is 23.5 Å². The number of benzene rings is 1. The van der Waals surface area contributed by atoms with E-state index in [-0.39, 0.29) is 11.3 Å². The molecular formula is C20H27N3O2. The van der Waals surface area contributed by atoms with Crippen molar-refractivity contribution in [2.75, 3.05) is 18.0 Å². The Kier molecular flexibility index (Phi) is 4.69. The quantitative estimate of drug-likeness (QED) is 0.895. The van der Waals surface area contributed by atoms with Crippen LogP contribution in [-0.2, 0) is 16.8 Å². The van der Waals surface area contributed by atoms with Crippen molar-refractivity contribution in [1.82, 2.24) is 4.98 Å². The number of carbonyl (C=O) groups is 1. The smallest absolute Gasteiger partial charge is 0.306 e. The Morgan fingerprint density at radius 2 is 1.96 bits per heavy atom. The average molecular weight is 341 g/mol. The van der Waals surface area contributed by atoms with Gasteiger partial charge in [-0.15, -0.1) is 0 Å². The molecule has 3 rings (SSSR count). The number of hydrogen-bond donors (Lipinski definition) is 2. The Balaban J connectivity index is 2.01. The van der Waals surface area contributed by atoms with E-state index in [1.165, 1.54) is 5.56 Å². The van der Waals surface area contributed by atoms with Gasteiger partial charge in [-0.05, 0) is 29.9 Å². The summed E-state index contributed by atoms with van der Waals surface area (Å²) in [5, 5.41) is 11.5. The molecule has 1 saturated heterocycles. The lowest BCUT2D eigenvalue weighted by molar-refractivity contribution is -0.142. The van der Waals surface area contributed by atoms with Gasteiger partial charge in [-0.25, -0.2) is 0 Å². The minimum absolute atomic E-state index is 0.0654. The van der Waals surface area contributed by atoms with E-state index >= 15 is 0 Å². The lowest BCUT2D eigenvalue weighted by atomic mass is 9.85. The molecule has 5 heteroatoms. The number of carboxylic acid groups (broad SMARTS) is 1. The number of aromatic nitrogens is 1. The third-order valence-corrected chi connectivity index (χ3v) is 5.19. The topological polar surface area (TPSA) is 79.5 Å². The van der Waals surface area contributed by atoms with Gasteiger partial charge in [-0.3, -0.25) is 9.78 Å². The molecule has 0 unspecified atom stereocenters. The number of carboxylic acids is 1. The number of anilines is 1. The zero-order chi connectivity index (χ0) is 18.2. The number of nitrogens with zero attached hydrogens (tertiary/aromatic N) is 2. The van der Waals surface area contributed by atoms with Crippen LogP contribution >= 0.6 is 0 Å². The van der Waals surface area contributed by atoms with Gasteiger partial charge in [0.1, 0.15) is 0 Å². The SMILES string of the molecule is CC(C)(C)c1ccc2c(N3CCC(C(=O)O)CC3)cnc(CN)c2c1. The summed E-state index contributed by atoms with van der Waals surface area (Å²) in [4.78, 5) is 18.0. The largest absolute Gasteiger partial charge is 0.481 e. The van der Waals surface area contributed by atoms with Gasteiger partial charge >= 0.3 is 5.97 Å². The van der Waals surface area contributed by atoms with E-state index in [0.29, 0.717) is 19.4 Å². The van der Waals surface area contributed by atoms with Gasteiger partial charge in [-0.1, -0.05) is 32.9 Å². The Morgan fingerprint density at radius 1 is 1.28 bits per heavy atom. The third kappa shape index (κ3) is 3.47. The maximum atomic E-state index is 11.2. The molecule has 134 valence electrons. The highest BCUT2D eigenvalue weighted by Crippen LogP contribution is 2.34. The van der Waals surface area contributed by atoms with Crippen molar-refractivity contribution in [2.24, 2.45) is 11.7 Å². The molecule has 1 aromatic heterocycles. The summed E-state index contributed by atoms with van der Waals surface area (Å²) in [6.45, 7) is 8.50. The molecule has 0 aliphatic carbocycles. The number of rotatable bonds is 3. The summed E-state index contributed by atoms with van der Waals surface area (Å²) in [6, 6.07) is 6.55. The molecule has 0 atom stereocenters. The van der Waals surface area contributed by atoms with Crippen molar-refractivity contribution >= 4 is 22.4 Å². The van der Waals surface area contributed by atoms with Crippen LogP contribution in [0.3, 0.4) is 0 Å². The molecule has 2 heterocycles. The van der Waals surface area contributed by atoms with E-state index in [1.807, 2.05) is 6.20 Å². The van der Waals surface area contributed by atoms with Gasteiger partial charge in [0.25, 0.3) is 0 Å². The van der Waals surface area contributed by atoms with E-state index in [1.54, 1.807) is 0 Å². The molecule has 0 amide bonds. The molecule has 1 aliphatic heterocycles. The Hall–Kier alpha value is -2.14. The van der Waals surface area contributed by atoms with Crippen molar-refractivity contribution in [3.8, 4) is 0 Å². The first-order chi connectivity index (χ1) is 11.8. The fourth-order valence-electron chi connectivity index (χ4n) is 3.53. The van der Waals surface area contributed by atoms with Gasteiger partial charge in [0.15, 0.2) is 0 Å². The fraction of sp³-hybridized carbons (Fsp3) is 0.500. The minimum Gasteiger partial charge on any atom is -0.481 e. The zero-order valence-corrected chi connectivity index (χ0v) is 15.2. The molecule has 0 radical (unpaired) electrons. The van der Waals surface area contributed by atoms with Crippen LogP contribution in [0.25, 0.3) is 10.8 Å². The summed E-state index contributed by atoms with van der Waals surface area (Å²) in [7, 11) is 0. The first-order valence-electron chi connectivity index (χ1n) is 8.91. The molecule has 0 bridgehead atoms. The van der Waals surface area contributed by atoms with Gasteiger partial charge in [0.2, 0.25) is 0 Å². The Morgan fingerprint density at radius 3 is 2.52 bits per heavy atom. The van der Waals surface area contributed by atoms with E-state index in [4.69, 9.17) is 5.73 Å². The van der Waals surface area contributed by atoms with Crippen LogP contribution in [0.2, 0.25) is 0 Å². The van der Waals surface area contributed by atoms with Crippen molar-refractivity contribution in [1.29, 1.82) is 0 Å². The fourth-order valence-corrected chi connectivity index (χ4v) is 3.53. The highest BCUT2D eigenvalue weighted by atomic mass is 16.4. The van der Waals surface area contributed by atoms with E-state index < -0.39 is 5.97 Å². The molecular weight excluding hydrogens is 314 g/mol. The molecule has 2 aromatic rings. The third-order valence-electron chi connectivity index (χ3n) is 5.19. The second-order valence-electron chi connectivity index (χ2n) is 7.90. The summed E-state index contributed by atoms with van der Waals surface area (Å²) in [5.41, 5.74) is 9.23. The first-order valence-corrected chi connectivity index (χ1v) is 8.91. The number of nitrogens with two attached hydrogens (primary N) is 1. The summed E-state index contributed by atoms with van der Waals surface area (Å²) >= 11 is 0. The van der Waals surface area contributed by atoms with Crippen molar-refractivity contribution < 1.29 is 9.90 Å². The highest BCUT2D eigenvalue weighted by molar-refractivity contribution is 5.96. The van der Waals surface area contributed by atoms with Crippen LogP contribution in [0.4, 0.5) is 5.69 Å². The Labute approximate surface area is 148 Å². The van der Waals surface area contributed by atoms with Gasteiger partial charge in [-0.2, -0.15) is 0 Å². The van der Waals surface area contributed by atoms with Gasteiger partial charge < -0.3 is 15.7 Å². The van der Waals surface area contributed by atoms with Crippen molar-refractivity contribution in [3.05, 3.63) is 35.7 Å². The standard InChI is InChI=1S/C20H27N3O2/c1-20(2,3)14-4-5-15-16(10-14)17(11-21)22-12-18(15)23-8-6-13(7-9-23)19(24)25/h4-5,10,12-13H,6-9,11,21H2,1-3H3,(H,24,25). The van der Waals surface area contributed by atoms with Crippen molar-refractivity contribution in [2.45, 2.75) is 45.6 Å². The lowest BCUT2D eigenvalue weighted by Crippen LogP contribution is -2.36. The number of fused-ring (bicyclic) bond motifs is 1. The van der Waals surface area contributed by atoms with E-state index in [0.717, 1.165) is 35.2 Å². The molecule has 0 spiro atoms. The second kappa shape index (κ2) is 6.64. The maximum Gasteiger partial charge on any atom is 0.306 e. The normalized spacial score (nSPS) is 16.4. The number of pyridine rings is 1. The second-order valence-corrected chi connectivity index (χ2v) is 7.90. The minimum atomic E-state index is -0.684. The van der Waals surface area contributed by atoms with Crippen LogP contribution in [0.15, 0.2) is 24.4 Å². The number of aliphatic carboxylic acids is 1. The maximum absolute atomic E-state index is 11.2. The van der Waals surface area contributed by atoms with Crippen LogP contribution in [0, 0.1) is 5.92 Å².